The third kappa shape index (κ3) is 3.06. The summed E-state index contributed by atoms with van der Waals surface area (Å²) in [4.78, 5) is 14.6. The predicted molar refractivity (Wildman–Crippen MR) is 94.4 cm³/mol. The molecular weight excluding hydrogens is 296 g/mol. The molecule has 0 aliphatic heterocycles. The first kappa shape index (κ1) is 17.0. The molecule has 0 amide bonds. The molecular formula is C18H25ClN2O. The monoisotopic (exact) mass is 320 g/mol. The van der Waals surface area contributed by atoms with E-state index in [1.807, 2.05) is 0 Å². The summed E-state index contributed by atoms with van der Waals surface area (Å²) in [6, 6.07) is 6.59. The van der Waals surface area contributed by atoms with Gasteiger partial charge in [-0.15, -0.1) is 12.4 Å². The summed E-state index contributed by atoms with van der Waals surface area (Å²) in [6.45, 7) is 4.10. The first-order valence-electron chi connectivity index (χ1n) is 7.87. The van der Waals surface area contributed by atoms with E-state index in [2.05, 4.69) is 48.7 Å². The normalized spacial score (nSPS) is 14.3. The molecule has 120 valence electrons. The minimum atomic E-state index is 0. The maximum absolute atomic E-state index is 12.4. The summed E-state index contributed by atoms with van der Waals surface area (Å²) < 4.78 is 2.27. The molecule has 1 aliphatic rings. The number of halogens is 1. The second kappa shape index (κ2) is 6.84. The number of carbonyl (C=O) groups is 1. The van der Waals surface area contributed by atoms with Crippen LogP contribution in [0.4, 0.5) is 0 Å². The van der Waals surface area contributed by atoms with E-state index in [0.717, 1.165) is 38.0 Å². The third-order valence-corrected chi connectivity index (χ3v) is 4.41. The average molecular weight is 321 g/mol. The van der Waals surface area contributed by atoms with Gasteiger partial charge in [0.2, 0.25) is 0 Å². The van der Waals surface area contributed by atoms with Crippen molar-refractivity contribution >= 4 is 29.1 Å². The molecule has 22 heavy (non-hydrogen) atoms. The molecule has 0 unspecified atom stereocenters. The van der Waals surface area contributed by atoms with Gasteiger partial charge in [-0.2, -0.15) is 0 Å². The quantitative estimate of drug-likeness (QED) is 0.855. The van der Waals surface area contributed by atoms with E-state index in [4.69, 9.17) is 0 Å². The molecule has 3 rings (SSSR count). The van der Waals surface area contributed by atoms with E-state index in [1.165, 1.54) is 22.0 Å². The largest absolute Gasteiger partial charge is 0.338 e. The van der Waals surface area contributed by atoms with Gasteiger partial charge in [-0.1, -0.05) is 11.6 Å². The molecule has 1 aromatic carbocycles. The first-order chi connectivity index (χ1) is 10.1. The Morgan fingerprint density at radius 2 is 2.00 bits per heavy atom. The number of aromatic nitrogens is 1. The lowest BCUT2D eigenvalue weighted by Gasteiger charge is -2.16. The smallest absolute Gasteiger partial charge is 0.179 e. The number of benzene rings is 1. The van der Waals surface area contributed by atoms with Crippen LogP contribution in [0.15, 0.2) is 18.2 Å². The van der Waals surface area contributed by atoms with Gasteiger partial charge >= 0.3 is 0 Å². The maximum atomic E-state index is 12.4. The molecule has 2 aromatic rings. The highest BCUT2D eigenvalue weighted by Crippen LogP contribution is 2.33. The van der Waals surface area contributed by atoms with Crippen molar-refractivity contribution in [1.29, 1.82) is 0 Å². The van der Waals surface area contributed by atoms with Crippen LogP contribution >= 0.6 is 12.4 Å². The Bertz CT molecular complexity index is 688. The van der Waals surface area contributed by atoms with E-state index in [-0.39, 0.29) is 12.4 Å². The van der Waals surface area contributed by atoms with E-state index in [0.29, 0.717) is 12.2 Å². The Kier molecular flexibility index (Phi) is 5.30. The highest BCUT2D eigenvalue weighted by atomic mass is 35.5. The second-order valence-electron chi connectivity index (χ2n) is 6.43. The SMILES string of the molecule is Cc1ccc2c(c1)c1c(n2CCCN(C)C)C(=O)CCC1.Cl. The zero-order valence-corrected chi connectivity index (χ0v) is 14.5. The van der Waals surface area contributed by atoms with Crippen molar-refractivity contribution in [3.63, 3.8) is 0 Å². The highest BCUT2D eigenvalue weighted by Gasteiger charge is 2.25. The molecule has 0 fully saturated rings. The van der Waals surface area contributed by atoms with Crippen LogP contribution in [-0.4, -0.2) is 35.9 Å². The van der Waals surface area contributed by atoms with Crippen LogP contribution in [0.25, 0.3) is 10.9 Å². The molecule has 0 saturated heterocycles. The number of hydrogen-bond acceptors (Lipinski definition) is 2. The fourth-order valence-corrected chi connectivity index (χ4v) is 3.43. The second-order valence-corrected chi connectivity index (χ2v) is 6.43. The first-order valence-corrected chi connectivity index (χ1v) is 7.87. The summed E-state index contributed by atoms with van der Waals surface area (Å²) in [5.41, 5.74) is 4.78. The molecule has 0 bridgehead atoms. The van der Waals surface area contributed by atoms with Crippen LogP contribution in [0.3, 0.4) is 0 Å². The van der Waals surface area contributed by atoms with Crippen molar-refractivity contribution in [2.24, 2.45) is 0 Å². The van der Waals surface area contributed by atoms with Gasteiger partial charge in [0, 0.05) is 23.9 Å². The number of rotatable bonds is 4. The van der Waals surface area contributed by atoms with E-state index >= 15 is 0 Å². The molecule has 1 heterocycles. The summed E-state index contributed by atoms with van der Waals surface area (Å²) >= 11 is 0. The van der Waals surface area contributed by atoms with E-state index in [9.17, 15) is 4.79 Å². The number of Topliss-reactive ketones (excluding diaryl/α,β-unsaturated/α-hetero) is 1. The number of ketones is 1. The van der Waals surface area contributed by atoms with Crippen LogP contribution in [-0.2, 0) is 13.0 Å². The third-order valence-electron chi connectivity index (χ3n) is 4.41. The summed E-state index contributed by atoms with van der Waals surface area (Å²) in [6.07, 6.45) is 3.82. The van der Waals surface area contributed by atoms with Gasteiger partial charge in [0.15, 0.2) is 5.78 Å². The van der Waals surface area contributed by atoms with Gasteiger partial charge in [0.1, 0.15) is 0 Å². The molecule has 1 aromatic heterocycles. The minimum absolute atomic E-state index is 0. The number of aryl methyl sites for hydroxylation is 3. The molecule has 4 heteroatoms. The molecule has 3 nitrogen and oxygen atoms in total. The summed E-state index contributed by atoms with van der Waals surface area (Å²) in [5.74, 6) is 0.329. The number of hydrogen-bond donors (Lipinski definition) is 0. The number of carbonyl (C=O) groups excluding carboxylic acids is 1. The van der Waals surface area contributed by atoms with Gasteiger partial charge in [-0.3, -0.25) is 4.79 Å². The van der Waals surface area contributed by atoms with Gasteiger partial charge in [-0.25, -0.2) is 0 Å². The van der Waals surface area contributed by atoms with Crippen molar-refractivity contribution in [2.75, 3.05) is 20.6 Å². The number of fused-ring (bicyclic) bond motifs is 3. The molecule has 0 spiro atoms. The van der Waals surface area contributed by atoms with Crippen molar-refractivity contribution in [2.45, 2.75) is 39.2 Å². The predicted octanol–water partition coefficient (Wildman–Crippen LogP) is 3.84. The van der Waals surface area contributed by atoms with Gasteiger partial charge in [-0.05, 0) is 64.5 Å². The lowest BCUT2D eigenvalue weighted by atomic mass is 9.94. The lowest BCUT2D eigenvalue weighted by molar-refractivity contribution is 0.0963. The zero-order chi connectivity index (χ0) is 15.0. The van der Waals surface area contributed by atoms with E-state index < -0.39 is 0 Å². The van der Waals surface area contributed by atoms with Crippen molar-refractivity contribution in [3.8, 4) is 0 Å². The van der Waals surface area contributed by atoms with Crippen molar-refractivity contribution < 1.29 is 4.79 Å². The van der Waals surface area contributed by atoms with Gasteiger partial charge in [0.05, 0.1) is 5.69 Å². The molecule has 1 aliphatic carbocycles. The lowest BCUT2D eigenvalue weighted by Crippen LogP contribution is -2.18. The van der Waals surface area contributed by atoms with Crippen LogP contribution in [0.1, 0.15) is 40.9 Å². The zero-order valence-electron chi connectivity index (χ0n) is 13.7. The molecule has 0 radical (unpaired) electrons. The summed E-state index contributed by atoms with van der Waals surface area (Å²) in [5, 5.41) is 1.29. The number of nitrogens with zero attached hydrogens (tertiary/aromatic N) is 2. The van der Waals surface area contributed by atoms with Crippen LogP contribution in [0.2, 0.25) is 0 Å². The summed E-state index contributed by atoms with van der Waals surface area (Å²) in [7, 11) is 4.19. The fourth-order valence-electron chi connectivity index (χ4n) is 3.43. The standard InChI is InChI=1S/C18H24N2O.ClH/c1-13-8-9-16-15(12-13)14-6-4-7-17(21)18(14)20(16)11-5-10-19(2)3;/h8-9,12H,4-7,10-11H2,1-3H3;1H. The Morgan fingerprint density at radius 1 is 1.23 bits per heavy atom. The Hall–Kier alpha value is -1.32. The van der Waals surface area contributed by atoms with Crippen molar-refractivity contribution in [1.82, 2.24) is 9.47 Å². The van der Waals surface area contributed by atoms with Gasteiger partial charge in [0.25, 0.3) is 0 Å². The Labute approximate surface area is 138 Å². The Balaban J connectivity index is 0.00000176. The molecule has 0 atom stereocenters. The van der Waals surface area contributed by atoms with Crippen LogP contribution < -0.4 is 0 Å². The van der Waals surface area contributed by atoms with Crippen LogP contribution in [0, 0.1) is 6.92 Å². The topological polar surface area (TPSA) is 25.2 Å². The Morgan fingerprint density at radius 3 is 2.73 bits per heavy atom. The molecule has 0 N–H and O–H groups in total. The van der Waals surface area contributed by atoms with E-state index in [1.54, 1.807) is 0 Å². The average Bonchev–Trinajstić information content (AvgIpc) is 2.74. The maximum Gasteiger partial charge on any atom is 0.179 e. The highest BCUT2D eigenvalue weighted by molar-refractivity contribution is 6.04. The minimum Gasteiger partial charge on any atom is -0.338 e. The van der Waals surface area contributed by atoms with Crippen molar-refractivity contribution in [3.05, 3.63) is 35.0 Å². The van der Waals surface area contributed by atoms with Crippen LogP contribution in [0.5, 0.6) is 0 Å². The fraction of sp³-hybridized carbons (Fsp3) is 0.500. The molecule has 0 saturated carbocycles. The van der Waals surface area contributed by atoms with Gasteiger partial charge < -0.3 is 9.47 Å².